The first-order valence-corrected chi connectivity index (χ1v) is 7.96. The summed E-state index contributed by atoms with van der Waals surface area (Å²) in [5.41, 5.74) is 0.344. The number of aromatic nitrogens is 2. The standard InChI is InChI=1S/C14H20BrClN2O2/c1-9-4-6-14(20-3,7-5-9)13-17-10(8-19-2)11(15)12(16)18-13/h9H,4-8H2,1-3H3. The molecular weight excluding hydrogens is 344 g/mol. The quantitative estimate of drug-likeness (QED) is 0.756. The highest BCUT2D eigenvalue weighted by atomic mass is 79.9. The molecule has 1 aliphatic rings. The molecule has 0 spiro atoms. The Morgan fingerprint density at radius 1 is 1.30 bits per heavy atom. The Kier molecular flexibility index (Phi) is 5.40. The van der Waals surface area contributed by atoms with E-state index >= 15 is 0 Å². The molecule has 20 heavy (non-hydrogen) atoms. The molecule has 1 aromatic heterocycles. The Morgan fingerprint density at radius 3 is 2.50 bits per heavy atom. The largest absolute Gasteiger partial charge is 0.378 e. The molecule has 0 amide bonds. The molecule has 0 atom stereocenters. The van der Waals surface area contributed by atoms with E-state index in [0.29, 0.717) is 22.1 Å². The van der Waals surface area contributed by atoms with Crippen molar-refractivity contribution in [1.29, 1.82) is 0 Å². The van der Waals surface area contributed by atoms with E-state index in [-0.39, 0.29) is 0 Å². The summed E-state index contributed by atoms with van der Waals surface area (Å²) in [4.78, 5) is 9.06. The maximum Gasteiger partial charge on any atom is 0.162 e. The van der Waals surface area contributed by atoms with Gasteiger partial charge in [-0.2, -0.15) is 0 Å². The molecule has 112 valence electrons. The molecule has 1 aromatic rings. The van der Waals surface area contributed by atoms with Crippen molar-refractivity contribution in [2.45, 2.75) is 44.8 Å². The summed E-state index contributed by atoms with van der Waals surface area (Å²) in [6.45, 7) is 2.66. The van der Waals surface area contributed by atoms with Gasteiger partial charge in [-0.3, -0.25) is 0 Å². The van der Waals surface area contributed by atoms with Crippen molar-refractivity contribution in [3.63, 3.8) is 0 Å². The fraction of sp³-hybridized carbons (Fsp3) is 0.714. The van der Waals surface area contributed by atoms with Crippen LogP contribution in [0, 0.1) is 5.92 Å². The number of methoxy groups -OCH3 is 2. The topological polar surface area (TPSA) is 44.2 Å². The van der Waals surface area contributed by atoms with Gasteiger partial charge in [0.1, 0.15) is 10.8 Å². The first kappa shape index (κ1) is 16.1. The first-order valence-electron chi connectivity index (χ1n) is 6.79. The van der Waals surface area contributed by atoms with E-state index in [0.717, 1.165) is 37.3 Å². The average Bonchev–Trinajstić information content (AvgIpc) is 2.45. The van der Waals surface area contributed by atoms with Gasteiger partial charge in [-0.05, 0) is 47.5 Å². The third-order valence-corrected chi connectivity index (χ3v) is 5.38. The number of ether oxygens (including phenoxy) is 2. The maximum absolute atomic E-state index is 6.21. The Morgan fingerprint density at radius 2 is 1.95 bits per heavy atom. The van der Waals surface area contributed by atoms with Crippen molar-refractivity contribution in [1.82, 2.24) is 9.97 Å². The van der Waals surface area contributed by atoms with Crippen LogP contribution in [0.2, 0.25) is 5.15 Å². The summed E-state index contributed by atoms with van der Waals surface area (Å²) in [7, 11) is 3.36. The molecule has 0 unspecified atom stereocenters. The fourth-order valence-electron chi connectivity index (χ4n) is 2.65. The molecule has 1 aliphatic carbocycles. The minimum absolute atomic E-state index is 0.395. The van der Waals surface area contributed by atoms with E-state index in [4.69, 9.17) is 21.1 Å². The lowest BCUT2D eigenvalue weighted by atomic mass is 9.79. The van der Waals surface area contributed by atoms with E-state index in [1.165, 1.54) is 0 Å². The zero-order valence-electron chi connectivity index (χ0n) is 12.1. The minimum Gasteiger partial charge on any atom is -0.378 e. The van der Waals surface area contributed by atoms with E-state index < -0.39 is 5.60 Å². The Bertz CT molecular complexity index is 476. The zero-order chi connectivity index (χ0) is 14.8. The van der Waals surface area contributed by atoms with E-state index in [1.807, 2.05) is 0 Å². The predicted molar refractivity (Wildman–Crippen MR) is 81.8 cm³/mol. The van der Waals surface area contributed by atoms with Gasteiger partial charge in [0, 0.05) is 14.2 Å². The Balaban J connectivity index is 2.39. The van der Waals surface area contributed by atoms with Crippen LogP contribution >= 0.6 is 27.5 Å². The van der Waals surface area contributed by atoms with Gasteiger partial charge in [0.25, 0.3) is 0 Å². The monoisotopic (exact) mass is 362 g/mol. The van der Waals surface area contributed by atoms with Crippen molar-refractivity contribution in [2.24, 2.45) is 5.92 Å². The lowest BCUT2D eigenvalue weighted by Crippen LogP contribution is -2.35. The number of rotatable bonds is 4. The summed E-state index contributed by atoms with van der Waals surface area (Å²) in [6.07, 6.45) is 4.08. The molecule has 2 rings (SSSR count). The van der Waals surface area contributed by atoms with Crippen LogP contribution in [0.5, 0.6) is 0 Å². The molecule has 1 saturated carbocycles. The molecule has 6 heteroatoms. The van der Waals surface area contributed by atoms with E-state index in [1.54, 1.807) is 14.2 Å². The second-order valence-corrected chi connectivity index (χ2v) is 6.56. The molecule has 0 aromatic carbocycles. The fourth-order valence-corrected chi connectivity index (χ4v) is 3.13. The minimum atomic E-state index is -0.417. The van der Waals surface area contributed by atoms with Crippen molar-refractivity contribution in [2.75, 3.05) is 14.2 Å². The van der Waals surface area contributed by atoms with Gasteiger partial charge in [-0.15, -0.1) is 0 Å². The van der Waals surface area contributed by atoms with Crippen LogP contribution in [0.1, 0.15) is 44.1 Å². The van der Waals surface area contributed by atoms with Crippen LogP contribution in [0.15, 0.2) is 4.47 Å². The second-order valence-electron chi connectivity index (χ2n) is 5.41. The SMILES string of the molecule is COCc1nc(C2(OC)CCC(C)CC2)nc(Cl)c1Br. The molecular formula is C14H20BrClN2O2. The van der Waals surface area contributed by atoms with Gasteiger partial charge in [0.05, 0.1) is 16.8 Å². The predicted octanol–water partition coefficient (Wildman–Crippen LogP) is 4.09. The number of nitrogens with zero attached hydrogens (tertiary/aromatic N) is 2. The smallest absolute Gasteiger partial charge is 0.162 e. The summed E-state index contributed by atoms with van der Waals surface area (Å²) in [6, 6.07) is 0. The Hall–Kier alpha value is -0.230. The van der Waals surface area contributed by atoms with Crippen molar-refractivity contribution in [3.05, 3.63) is 21.1 Å². The number of halogens is 2. The van der Waals surface area contributed by atoms with Gasteiger partial charge in [0.15, 0.2) is 5.82 Å². The normalized spacial score (nSPS) is 26.8. The molecule has 0 saturated heterocycles. The van der Waals surface area contributed by atoms with E-state index in [2.05, 4.69) is 32.8 Å². The lowest BCUT2D eigenvalue weighted by molar-refractivity contribution is -0.0600. The van der Waals surface area contributed by atoms with Crippen LogP contribution in [-0.4, -0.2) is 24.2 Å². The average molecular weight is 364 g/mol. The number of hydrogen-bond acceptors (Lipinski definition) is 4. The van der Waals surface area contributed by atoms with Crippen LogP contribution < -0.4 is 0 Å². The van der Waals surface area contributed by atoms with Crippen LogP contribution in [0.25, 0.3) is 0 Å². The van der Waals surface area contributed by atoms with Crippen molar-refractivity contribution >= 4 is 27.5 Å². The summed E-state index contributed by atoms with van der Waals surface area (Å²) in [5, 5.41) is 0.414. The molecule has 0 aliphatic heterocycles. The van der Waals surface area contributed by atoms with Crippen LogP contribution in [0.4, 0.5) is 0 Å². The second kappa shape index (κ2) is 6.69. The summed E-state index contributed by atoms with van der Waals surface area (Å²) < 4.78 is 11.7. The maximum atomic E-state index is 6.21. The Labute approximate surface area is 133 Å². The summed E-state index contributed by atoms with van der Waals surface area (Å²) >= 11 is 9.62. The van der Waals surface area contributed by atoms with Crippen LogP contribution in [0.3, 0.4) is 0 Å². The highest BCUT2D eigenvalue weighted by Gasteiger charge is 2.39. The summed E-state index contributed by atoms with van der Waals surface area (Å²) in [5.74, 6) is 1.40. The van der Waals surface area contributed by atoms with Gasteiger partial charge in [0.2, 0.25) is 0 Å². The van der Waals surface area contributed by atoms with Crippen molar-refractivity contribution < 1.29 is 9.47 Å². The van der Waals surface area contributed by atoms with Crippen LogP contribution in [-0.2, 0) is 21.7 Å². The first-order chi connectivity index (χ1) is 9.52. The molecule has 4 nitrogen and oxygen atoms in total. The zero-order valence-corrected chi connectivity index (χ0v) is 14.4. The van der Waals surface area contributed by atoms with Crippen molar-refractivity contribution in [3.8, 4) is 0 Å². The van der Waals surface area contributed by atoms with Gasteiger partial charge >= 0.3 is 0 Å². The third kappa shape index (κ3) is 3.16. The van der Waals surface area contributed by atoms with Gasteiger partial charge in [-0.25, -0.2) is 9.97 Å². The van der Waals surface area contributed by atoms with Gasteiger partial charge in [-0.1, -0.05) is 18.5 Å². The number of hydrogen-bond donors (Lipinski definition) is 0. The molecule has 1 fully saturated rings. The highest BCUT2D eigenvalue weighted by Crippen LogP contribution is 2.41. The molecule has 1 heterocycles. The lowest BCUT2D eigenvalue weighted by Gasteiger charge is -2.37. The highest BCUT2D eigenvalue weighted by molar-refractivity contribution is 9.10. The van der Waals surface area contributed by atoms with E-state index in [9.17, 15) is 0 Å². The third-order valence-electron chi connectivity index (χ3n) is 4.04. The molecule has 0 N–H and O–H groups in total. The van der Waals surface area contributed by atoms with Gasteiger partial charge < -0.3 is 9.47 Å². The molecule has 0 bridgehead atoms. The molecule has 0 radical (unpaired) electrons.